The van der Waals surface area contributed by atoms with Gasteiger partial charge >= 0.3 is 5.97 Å². The van der Waals surface area contributed by atoms with Gasteiger partial charge in [0.2, 0.25) is 5.89 Å². The summed E-state index contributed by atoms with van der Waals surface area (Å²) in [6, 6.07) is 16.2. The molecule has 2 aromatic carbocycles. The summed E-state index contributed by atoms with van der Waals surface area (Å²) >= 11 is 0. The highest BCUT2D eigenvalue weighted by Crippen LogP contribution is 2.23. The summed E-state index contributed by atoms with van der Waals surface area (Å²) < 4.78 is 11.0. The minimum absolute atomic E-state index is 0.0355. The van der Waals surface area contributed by atoms with Crippen LogP contribution >= 0.6 is 0 Å². The molecule has 1 heterocycles. The van der Waals surface area contributed by atoms with E-state index < -0.39 is 11.9 Å². The average molecular weight is 283 g/mol. The number of aliphatic carboxylic acids is 1. The van der Waals surface area contributed by atoms with Gasteiger partial charge in [-0.05, 0) is 24.3 Å². The molecule has 1 N–H and O–H groups in total. The van der Waals surface area contributed by atoms with Gasteiger partial charge in [-0.1, -0.05) is 30.3 Å². The summed E-state index contributed by atoms with van der Waals surface area (Å²) in [7, 11) is 0. The lowest BCUT2D eigenvalue weighted by Gasteiger charge is -2.10. The third-order valence-corrected chi connectivity index (χ3v) is 3.07. The highest BCUT2D eigenvalue weighted by molar-refractivity contribution is 5.77. The average Bonchev–Trinajstić information content (AvgIpc) is 2.91. The van der Waals surface area contributed by atoms with Crippen LogP contribution in [0.1, 0.15) is 11.8 Å². The van der Waals surface area contributed by atoms with Crippen LogP contribution in [0.15, 0.2) is 59.0 Å². The summed E-state index contributed by atoms with van der Waals surface area (Å²) in [4.78, 5) is 15.6. The van der Waals surface area contributed by atoms with Gasteiger partial charge in [0, 0.05) is 0 Å². The SMILES string of the molecule is O=C(O)C(COc1ccccc1)c1nc2ccccc2o1. The highest BCUT2D eigenvalue weighted by atomic mass is 16.5. The molecule has 0 fully saturated rings. The number of hydrogen-bond donors (Lipinski definition) is 1. The Bertz CT molecular complexity index is 718. The molecule has 106 valence electrons. The molecule has 0 aliphatic heterocycles. The van der Waals surface area contributed by atoms with Crippen molar-refractivity contribution in [3.8, 4) is 5.75 Å². The number of para-hydroxylation sites is 3. The van der Waals surface area contributed by atoms with E-state index in [-0.39, 0.29) is 12.5 Å². The van der Waals surface area contributed by atoms with E-state index in [1.165, 1.54) is 0 Å². The van der Waals surface area contributed by atoms with Crippen LogP contribution in [0.25, 0.3) is 11.1 Å². The fourth-order valence-electron chi connectivity index (χ4n) is 1.98. The first-order chi connectivity index (χ1) is 10.2. The number of carboxylic acid groups (broad SMARTS) is 1. The minimum atomic E-state index is -1.03. The first-order valence-electron chi connectivity index (χ1n) is 6.50. The number of fused-ring (bicyclic) bond motifs is 1. The molecule has 0 saturated carbocycles. The molecular weight excluding hydrogens is 270 g/mol. The second-order valence-electron chi connectivity index (χ2n) is 4.53. The Kier molecular flexibility index (Phi) is 3.55. The van der Waals surface area contributed by atoms with E-state index >= 15 is 0 Å². The smallest absolute Gasteiger partial charge is 0.319 e. The largest absolute Gasteiger partial charge is 0.492 e. The molecular formula is C16H13NO4. The van der Waals surface area contributed by atoms with Gasteiger partial charge < -0.3 is 14.3 Å². The summed E-state index contributed by atoms with van der Waals surface area (Å²) in [5, 5.41) is 9.35. The molecule has 1 unspecified atom stereocenters. The number of oxazole rings is 1. The topological polar surface area (TPSA) is 72.6 Å². The lowest BCUT2D eigenvalue weighted by atomic mass is 10.1. The Hall–Kier alpha value is -2.82. The molecule has 0 bridgehead atoms. The number of ether oxygens (including phenoxy) is 1. The van der Waals surface area contributed by atoms with E-state index in [9.17, 15) is 9.90 Å². The molecule has 0 aliphatic rings. The van der Waals surface area contributed by atoms with E-state index in [0.29, 0.717) is 16.8 Å². The first kappa shape index (κ1) is 13.2. The summed E-state index contributed by atoms with van der Waals surface area (Å²) in [5.74, 6) is -1.21. The molecule has 1 atom stereocenters. The molecule has 3 rings (SSSR count). The van der Waals surface area contributed by atoms with Crippen LogP contribution in [0.2, 0.25) is 0 Å². The van der Waals surface area contributed by atoms with Crippen molar-refractivity contribution >= 4 is 17.1 Å². The predicted molar refractivity (Wildman–Crippen MR) is 76.3 cm³/mol. The van der Waals surface area contributed by atoms with Crippen molar-refractivity contribution in [3.05, 3.63) is 60.5 Å². The van der Waals surface area contributed by atoms with E-state index in [0.717, 1.165) is 0 Å². The quantitative estimate of drug-likeness (QED) is 0.779. The number of rotatable bonds is 5. The number of aromatic nitrogens is 1. The molecule has 0 spiro atoms. The van der Waals surface area contributed by atoms with Gasteiger partial charge in [0.25, 0.3) is 0 Å². The van der Waals surface area contributed by atoms with Gasteiger partial charge in [0.05, 0.1) is 0 Å². The van der Waals surface area contributed by atoms with Crippen molar-refractivity contribution in [2.75, 3.05) is 6.61 Å². The summed E-state index contributed by atoms with van der Waals surface area (Å²) in [5.41, 5.74) is 1.21. The molecule has 0 amide bonds. The fourth-order valence-corrected chi connectivity index (χ4v) is 1.98. The number of carboxylic acids is 1. The van der Waals surface area contributed by atoms with Crippen molar-refractivity contribution in [3.63, 3.8) is 0 Å². The molecule has 5 nitrogen and oxygen atoms in total. The Morgan fingerprint density at radius 2 is 1.86 bits per heavy atom. The zero-order valence-corrected chi connectivity index (χ0v) is 11.1. The van der Waals surface area contributed by atoms with Gasteiger partial charge in [-0.15, -0.1) is 0 Å². The third kappa shape index (κ3) is 2.86. The van der Waals surface area contributed by atoms with E-state index in [1.54, 1.807) is 24.3 Å². The first-order valence-corrected chi connectivity index (χ1v) is 6.50. The van der Waals surface area contributed by atoms with Gasteiger partial charge in [-0.2, -0.15) is 0 Å². The molecule has 5 heteroatoms. The Labute approximate surface area is 120 Å². The molecule has 0 saturated heterocycles. The molecule has 21 heavy (non-hydrogen) atoms. The predicted octanol–water partition coefficient (Wildman–Crippen LogP) is 3.08. The van der Waals surface area contributed by atoms with Crippen LogP contribution in [0, 0.1) is 0 Å². The molecule has 1 aromatic heterocycles. The zero-order valence-electron chi connectivity index (χ0n) is 11.1. The second kappa shape index (κ2) is 5.66. The molecule has 3 aromatic rings. The number of hydrogen-bond acceptors (Lipinski definition) is 4. The van der Waals surface area contributed by atoms with Crippen molar-refractivity contribution < 1.29 is 19.1 Å². The van der Waals surface area contributed by atoms with Crippen LogP contribution in [0.3, 0.4) is 0 Å². The van der Waals surface area contributed by atoms with Crippen molar-refractivity contribution in [2.24, 2.45) is 0 Å². The number of benzene rings is 2. The highest BCUT2D eigenvalue weighted by Gasteiger charge is 2.26. The maximum absolute atomic E-state index is 11.4. The number of carbonyl (C=O) groups is 1. The van der Waals surface area contributed by atoms with Crippen molar-refractivity contribution in [1.29, 1.82) is 0 Å². The normalized spacial score (nSPS) is 12.2. The number of nitrogens with zero attached hydrogens (tertiary/aromatic N) is 1. The van der Waals surface area contributed by atoms with Gasteiger partial charge in [-0.25, -0.2) is 4.98 Å². The summed E-state index contributed by atoms with van der Waals surface area (Å²) in [6.45, 7) is -0.0355. The van der Waals surface area contributed by atoms with E-state index in [1.807, 2.05) is 30.3 Å². The standard InChI is InChI=1S/C16H13NO4/c18-16(19)12(10-20-11-6-2-1-3-7-11)15-17-13-8-4-5-9-14(13)21-15/h1-9,12H,10H2,(H,18,19). The third-order valence-electron chi connectivity index (χ3n) is 3.07. The monoisotopic (exact) mass is 283 g/mol. The molecule has 0 aliphatic carbocycles. The lowest BCUT2D eigenvalue weighted by molar-refractivity contribution is -0.140. The Balaban J connectivity index is 1.82. The van der Waals surface area contributed by atoms with Crippen LogP contribution in [0.4, 0.5) is 0 Å². The Morgan fingerprint density at radius 3 is 2.57 bits per heavy atom. The van der Waals surface area contributed by atoms with Gasteiger partial charge in [0.15, 0.2) is 11.5 Å². The minimum Gasteiger partial charge on any atom is -0.492 e. The van der Waals surface area contributed by atoms with Crippen LogP contribution in [-0.2, 0) is 4.79 Å². The van der Waals surface area contributed by atoms with Crippen LogP contribution in [0.5, 0.6) is 5.75 Å². The van der Waals surface area contributed by atoms with Crippen LogP contribution in [-0.4, -0.2) is 22.7 Å². The molecule has 0 radical (unpaired) electrons. The van der Waals surface area contributed by atoms with Crippen molar-refractivity contribution in [1.82, 2.24) is 4.98 Å². The summed E-state index contributed by atoms with van der Waals surface area (Å²) in [6.07, 6.45) is 0. The maximum atomic E-state index is 11.4. The van der Waals surface area contributed by atoms with Crippen molar-refractivity contribution in [2.45, 2.75) is 5.92 Å². The van der Waals surface area contributed by atoms with E-state index in [2.05, 4.69) is 4.98 Å². The lowest BCUT2D eigenvalue weighted by Crippen LogP contribution is -2.19. The van der Waals surface area contributed by atoms with Gasteiger partial charge in [0.1, 0.15) is 17.9 Å². The fraction of sp³-hybridized carbons (Fsp3) is 0.125. The van der Waals surface area contributed by atoms with E-state index in [4.69, 9.17) is 9.15 Å². The maximum Gasteiger partial charge on any atom is 0.319 e. The van der Waals surface area contributed by atoms with Gasteiger partial charge in [-0.3, -0.25) is 4.79 Å². The van der Waals surface area contributed by atoms with Crippen LogP contribution < -0.4 is 4.74 Å². The second-order valence-corrected chi connectivity index (χ2v) is 4.53. The Morgan fingerprint density at radius 1 is 1.14 bits per heavy atom. The zero-order chi connectivity index (χ0) is 14.7.